The third kappa shape index (κ3) is 5.28. The number of nitrogens with one attached hydrogen (secondary N) is 2. The lowest BCUT2D eigenvalue weighted by Crippen LogP contribution is -2.26. The van der Waals surface area contributed by atoms with E-state index >= 15 is 0 Å². The number of nitrogens with zero attached hydrogens (tertiary/aromatic N) is 2. The monoisotopic (exact) mass is 430 g/mol. The van der Waals surface area contributed by atoms with Gasteiger partial charge in [0.15, 0.2) is 0 Å². The highest BCUT2D eigenvalue weighted by molar-refractivity contribution is 6.12. The number of aromatic nitrogens is 1. The van der Waals surface area contributed by atoms with E-state index in [0.29, 0.717) is 18.1 Å². The van der Waals surface area contributed by atoms with E-state index in [1.807, 2.05) is 44.2 Å². The van der Waals surface area contributed by atoms with Gasteiger partial charge in [-0.3, -0.25) is 14.6 Å². The highest BCUT2D eigenvalue weighted by Gasteiger charge is 2.13. The third-order valence-electron chi connectivity index (χ3n) is 5.10. The molecule has 8 heteroatoms. The number of carbonyl (C=O) groups is 2. The van der Waals surface area contributed by atoms with Gasteiger partial charge in [-0.25, -0.2) is 4.98 Å². The number of amides is 2. The maximum absolute atomic E-state index is 12.6. The van der Waals surface area contributed by atoms with Gasteiger partial charge in [-0.05, 0) is 60.2 Å². The van der Waals surface area contributed by atoms with E-state index in [4.69, 9.17) is 11.5 Å². The molecule has 164 valence electrons. The summed E-state index contributed by atoms with van der Waals surface area (Å²) >= 11 is 0. The lowest BCUT2D eigenvalue weighted by atomic mass is 9.96. The Morgan fingerprint density at radius 3 is 2.59 bits per heavy atom. The second-order valence-electron chi connectivity index (χ2n) is 7.28. The quantitative estimate of drug-likeness (QED) is 0.337. The van der Waals surface area contributed by atoms with E-state index in [0.717, 1.165) is 27.5 Å². The van der Waals surface area contributed by atoms with Gasteiger partial charge in [0.25, 0.3) is 5.91 Å². The van der Waals surface area contributed by atoms with E-state index in [-0.39, 0.29) is 23.9 Å². The molecule has 2 aromatic carbocycles. The molecule has 1 aromatic heterocycles. The Bertz CT molecular complexity index is 1200. The van der Waals surface area contributed by atoms with Crippen LogP contribution in [0.15, 0.2) is 65.4 Å². The Balaban J connectivity index is 1.62. The standard InChI is InChI=1S/C24H26N6O2/c1-15-10-20-19(8-9-28-23(20)26)16(2)21(15)13-29-24(32)17(11-25)12-27-14-22(31)30-18-6-4-3-5-7-18/h3-12H,13-14,25H2,1-2H3,(H2,26,28)(H,29,32)(H,30,31)/b17-11+,27-12?. The zero-order valence-electron chi connectivity index (χ0n) is 18.1. The molecule has 32 heavy (non-hydrogen) atoms. The van der Waals surface area contributed by atoms with Gasteiger partial charge in [-0.2, -0.15) is 0 Å². The first-order valence-electron chi connectivity index (χ1n) is 10.1. The number of rotatable bonds is 7. The van der Waals surface area contributed by atoms with Crippen LogP contribution >= 0.6 is 0 Å². The molecule has 0 spiro atoms. The molecule has 0 radical (unpaired) electrons. The largest absolute Gasteiger partial charge is 0.404 e. The first-order valence-corrected chi connectivity index (χ1v) is 10.1. The van der Waals surface area contributed by atoms with Crippen LogP contribution in [0.1, 0.15) is 16.7 Å². The number of aliphatic imine (C=N–C) groups is 1. The van der Waals surface area contributed by atoms with Crippen LogP contribution in [0, 0.1) is 13.8 Å². The van der Waals surface area contributed by atoms with Crippen LogP contribution in [-0.4, -0.2) is 29.6 Å². The van der Waals surface area contributed by atoms with Gasteiger partial charge in [0.2, 0.25) is 5.91 Å². The van der Waals surface area contributed by atoms with Gasteiger partial charge in [0.05, 0.1) is 5.57 Å². The molecule has 6 N–H and O–H groups in total. The fourth-order valence-electron chi connectivity index (χ4n) is 3.40. The number of nitrogen functional groups attached to an aromatic ring is 1. The van der Waals surface area contributed by atoms with Crippen molar-refractivity contribution in [3.05, 3.63) is 77.1 Å². The van der Waals surface area contributed by atoms with E-state index < -0.39 is 0 Å². The molecule has 0 fully saturated rings. The first kappa shape index (κ1) is 22.5. The number of benzene rings is 2. The minimum atomic E-state index is -0.382. The fraction of sp³-hybridized carbons (Fsp3) is 0.167. The number of anilines is 2. The summed E-state index contributed by atoms with van der Waals surface area (Å²) in [6.07, 6.45) is 4.13. The summed E-state index contributed by atoms with van der Waals surface area (Å²) in [7, 11) is 0. The van der Waals surface area contributed by atoms with Gasteiger partial charge in [-0.15, -0.1) is 0 Å². The van der Waals surface area contributed by atoms with E-state index in [1.54, 1.807) is 18.3 Å². The summed E-state index contributed by atoms with van der Waals surface area (Å²) in [5.74, 6) is -0.196. The summed E-state index contributed by atoms with van der Waals surface area (Å²) in [6, 6.07) is 12.9. The number of nitrogens with two attached hydrogens (primary N) is 2. The van der Waals surface area contributed by atoms with Crippen LogP contribution in [0.5, 0.6) is 0 Å². The molecule has 1 heterocycles. The van der Waals surface area contributed by atoms with Gasteiger partial charge in [0.1, 0.15) is 12.4 Å². The molecule has 3 aromatic rings. The highest BCUT2D eigenvalue weighted by atomic mass is 16.2. The Morgan fingerprint density at radius 2 is 1.88 bits per heavy atom. The summed E-state index contributed by atoms with van der Waals surface area (Å²) in [5, 5.41) is 7.47. The van der Waals surface area contributed by atoms with Gasteiger partial charge >= 0.3 is 0 Å². The highest BCUT2D eigenvalue weighted by Crippen LogP contribution is 2.27. The topological polar surface area (TPSA) is 135 Å². The van der Waals surface area contributed by atoms with Crippen molar-refractivity contribution in [2.45, 2.75) is 20.4 Å². The number of hydrogen-bond donors (Lipinski definition) is 4. The van der Waals surface area contributed by atoms with Gasteiger partial charge in [0, 0.05) is 36.2 Å². The Kier molecular flexibility index (Phi) is 7.17. The van der Waals surface area contributed by atoms with Crippen molar-refractivity contribution < 1.29 is 9.59 Å². The predicted molar refractivity (Wildman–Crippen MR) is 128 cm³/mol. The zero-order chi connectivity index (χ0) is 23.1. The molecule has 3 rings (SSSR count). The summed E-state index contributed by atoms with van der Waals surface area (Å²) in [5.41, 5.74) is 15.5. The van der Waals surface area contributed by atoms with E-state index in [9.17, 15) is 9.59 Å². The molecule has 2 amide bonds. The van der Waals surface area contributed by atoms with E-state index in [1.165, 1.54) is 12.4 Å². The molecule has 0 unspecified atom stereocenters. The average Bonchev–Trinajstić information content (AvgIpc) is 2.78. The Morgan fingerprint density at radius 1 is 1.12 bits per heavy atom. The minimum absolute atomic E-state index is 0.127. The summed E-state index contributed by atoms with van der Waals surface area (Å²) < 4.78 is 0. The van der Waals surface area contributed by atoms with Crippen molar-refractivity contribution in [1.82, 2.24) is 10.3 Å². The lowest BCUT2D eigenvalue weighted by Gasteiger charge is -2.15. The average molecular weight is 431 g/mol. The normalized spacial score (nSPS) is 11.6. The number of pyridine rings is 1. The minimum Gasteiger partial charge on any atom is -0.404 e. The van der Waals surface area contributed by atoms with Crippen LogP contribution in [-0.2, 0) is 16.1 Å². The molecule has 0 bridgehead atoms. The maximum atomic E-state index is 12.6. The fourth-order valence-corrected chi connectivity index (χ4v) is 3.40. The Hall–Kier alpha value is -4.20. The first-order chi connectivity index (χ1) is 15.4. The second-order valence-corrected chi connectivity index (χ2v) is 7.28. The number of fused-ring (bicyclic) bond motifs is 1. The molecule has 8 nitrogen and oxygen atoms in total. The summed E-state index contributed by atoms with van der Waals surface area (Å²) in [4.78, 5) is 32.7. The van der Waals surface area contributed by atoms with E-state index in [2.05, 4.69) is 20.6 Å². The van der Waals surface area contributed by atoms with Crippen LogP contribution in [0.4, 0.5) is 11.5 Å². The SMILES string of the molecule is Cc1cc2c(N)nccc2c(C)c1CNC(=O)/C(C=NCC(=O)Nc1ccccc1)=C/N. The van der Waals surface area contributed by atoms with Crippen molar-refractivity contribution in [2.24, 2.45) is 10.7 Å². The number of hydrogen-bond acceptors (Lipinski definition) is 6. The number of aryl methyl sites for hydroxylation is 2. The number of para-hydroxylation sites is 1. The van der Waals surface area contributed by atoms with Crippen molar-refractivity contribution in [1.29, 1.82) is 0 Å². The van der Waals surface area contributed by atoms with Crippen molar-refractivity contribution in [3.63, 3.8) is 0 Å². The molecule has 0 aliphatic heterocycles. The molecule has 0 atom stereocenters. The number of carbonyl (C=O) groups excluding carboxylic acids is 2. The van der Waals surface area contributed by atoms with Crippen LogP contribution in [0.3, 0.4) is 0 Å². The molecular weight excluding hydrogens is 404 g/mol. The predicted octanol–water partition coefficient (Wildman–Crippen LogP) is 2.60. The van der Waals surface area contributed by atoms with Crippen LogP contribution in [0.2, 0.25) is 0 Å². The van der Waals surface area contributed by atoms with Gasteiger partial charge in [-0.1, -0.05) is 18.2 Å². The zero-order valence-corrected chi connectivity index (χ0v) is 18.1. The van der Waals surface area contributed by atoms with Crippen molar-refractivity contribution in [3.8, 4) is 0 Å². The lowest BCUT2D eigenvalue weighted by molar-refractivity contribution is -0.117. The van der Waals surface area contributed by atoms with Crippen molar-refractivity contribution in [2.75, 3.05) is 17.6 Å². The van der Waals surface area contributed by atoms with Crippen molar-refractivity contribution >= 4 is 40.3 Å². The summed E-state index contributed by atoms with van der Waals surface area (Å²) in [6.45, 7) is 4.14. The molecule has 0 saturated heterocycles. The third-order valence-corrected chi connectivity index (χ3v) is 5.10. The molecule has 0 saturated carbocycles. The van der Waals surface area contributed by atoms with Crippen LogP contribution < -0.4 is 22.1 Å². The maximum Gasteiger partial charge on any atom is 0.254 e. The second kappa shape index (κ2) is 10.2. The van der Waals surface area contributed by atoms with Crippen LogP contribution in [0.25, 0.3) is 10.8 Å². The molecule has 0 aliphatic carbocycles. The Labute approximate surface area is 186 Å². The van der Waals surface area contributed by atoms with Gasteiger partial charge < -0.3 is 22.1 Å². The smallest absolute Gasteiger partial charge is 0.254 e. The molecular formula is C24H26N6O2. The molecule has 0 aliphatic rings.